The molecule has 1 saturated heterocycles. The minimum atomic E-state index is 0.0851. The minimum Gasteiger partial charge on any atom is -0.336 e. The maximum absolute atomic E-state index is 12.8. The molecule has 0 N–H and O–H groups in total. The van der Waals surface area contributed by atoms with Gasteiger partial charge >= 0.3 is 0 Å². The minimum absolute atomic E-state index is 0.0851. The summed E-state index contributed by atoms with van der Waals surface area (Å²) in [6, 6.07) is 0.683. The average Bonchev–Trinajstić information content (AvgIpc) is 3.34. The van der Waals surface area contributed by atoms with Gasteiger partial charge < -0.3 is 4.90 Å². The summed E-state index contributed by atoms with van der Waals surface area (Å²) in [4.78, 5) is 18.8. The molecule has 1 amide bonds. The largest absolute Gasteiger partial charge is 0.336 e. The zero-order valence-corrected chi connectivity index (χ0v) is 13.9. The predicted molar refractivity (Wildman–Crippen MR) is 88.5 cm³/mol. The number of carbonyl (C=O) groups excluding carboxylic acids is 1. The first-order valence-corrected chi connectivity index (χ1v) is 8.99. The number of carbonyl (C=O) groups is 1. The number of hydrogen-bond donors (Lipinski definition) is 0. The monoisotopic (exact) mass is 328 g/mol. The fourth-order valence-electron chi connectivity index (χ4n) is 3.94. The van der Waals surface area contributed by atoms with Crippen molar-refractivity contribution in [2.24, 2.45) is 0 Å². The normalized spacial score (nSPS) is 22.7. The summed E-state index contributed by atoms with van der Waals surface area (Å²) in [6.07, 6.45) is 15.2. The van der Waals surface area contributed by atoms with Gasteiger partial charge in [-0.1, -0.05) is 19.3 Å². The Morgan fingerprint density at radius 1 is 1.00 bits per heavy atom. The predicted octanol–water partition coefficient (Wildman–Crippen LogP) is 2.46. The number of amides is 1. The van der Waals surface area contributed by atoms with Crippen molar-refractivity contribution in [3.05, 3.63) is 30.6 Å². The van der Waals surface area contributed by atoms with Crippen LogP contribution in [0.15, 0.2) is 25.0 Å². The van der Waals surface area contributed by atoms with Crippen LogP contribution in [0.3, 0.4) is 0 Å². The molecule has 2 aliphatic rings. The van der Waals surface area contributed by atoms with E-state index in [-0.39, 0.29) is 11.9 Å². The molecule has 0 spiro atoms. The van der Waals surface area contributed by atoms with E-state index < -0.39 is 0 Å². The molecule has 2 fully saturated rings. The Kier molecular flexibility index (Phi) is 4.32. The van der Waals surface area contributed by atoms with E-state index in [1.54, 1.807) is 18.9 Å². The van der Waals surface area contributed by atoms with Gasteiger partial charge in [0.2, 0.25) is 0 Å². The van der Waals surface area contributed by atoms with Crippen molar-refractivity contribution in [1.82, 2.24) is 29.4 Å². The van der Waals surface area contributed by atoms with Gasteiger partial charge in [0.1, 0.15) is 12.7 Å². The van der Waals surface area contributed by atoms with Gasteiger partial charge in [-0.25, -0.2) is 9.67 Å². The summed E-state index contributed by atoms with van der Waals surface area (Å²) in [5.41, 5.74) is 0.708. The highest BCUT2D eigenvalue weighted by Gasteiger charge is 2.27. The molecule has 1 atom stereocenters. The molecule has 2 aromatic heterocycles. The summed E-state index contributed by atoms with van der Waals surface area (Å²) < 4.78 is 3.87. The third-order valence-electron chi connectivity index (χ3n) is 5.29. The highest BCUT2D eigenvalue weighted by atomic mass is 16.2. The molecule has 0 radical (unpaired) electrons. The zero-order valence-electron chi connectivity index (χ0n) is 13.9. The summed E-state index contributed by atoms with van der Waals surface area (Å²) in [5.74, 6) is 0.0851. The van der Waals surface area contributed by atoms with E-state index in [0.29, 0.717) is 18.2 Å². The van der Waals surface area contributed by atoms with E-state index in [1.807, 2.05) is 20.5 Å². The Balaban J connectivity index is 1.44. The van der Waals surface area contributed by atoms with E-state index in [1.165, 1.54) is 32.1 Å². The molecule has 0 aromatic carbocycles. The molecule has 4 rings (SSSR count). The summed E-state index contributed by atoms with van der Waals surface area (Å²) in [5, 5.41) is 8.69. The van der Waals surface area contributed by atoms with Crippen molar-refractivity contribution in [3.63, 3.8) is 0 Å². The SMILES string of the molecule is O=C(c1cnn(C2CCCCC2)c1)N1CCCC(n2cncn2)C1. The molecule has 1 unspecified atom stereocenters. The molecule has 1 aliphatic heterocycles. The van der Waals surface area contributed by atoms with Crippen LogP contribution < -0.4 is 0 Å². The molecule has 2 aromatic rings. The molecular formula is C17H24N6O. The van der Waals surface area contributed by atoms with E-state index in [4.69, 9.17) is 0 Å². The second kappa shape index (κ2) is 6.75. The quantitative estimate of drug-likeness (QED) is 0.868. The topological polar surface area (TPSA) is 68.8 Å². The highest BCUT2D eigenvalue weighted by Crippen LogP contribution is 2.28. The third kappa shape index (κ3) is 3.07. The van der Waals surface area contributed by atoms with Crippen molar-refractivity contribution in [2.75, 3.05) is 13.1 Å². The van der Waals surface area contributed by atoms with Gasteiger partial charge in [-0.05, 0) is 25.7 Å². The lowest BCUT2D eigenvalue weighted by Crippen LogP contribution is -2.40. The lowest BCUT2D eigenvalue weighted by Gasteiger charge is -2.32. The maximum atomic E-state index is 12.8. The molecular weight excluding hydrogens is 304 g/mol. The molecule has 24 heavy (non-hydrogen) atoms. The molecule has 1 saturated carbocycles. The Labute approximate surface area is 141 Å². The number of hydrogen-bond acceptors (Lipinski definition) is 4. The highest BCUT2D eigenvalue weighted by molar-refractivity contribution is 5.93. The Bertz CT molecular complexity index is 673. The van der Waals surface area contributed by atoms with Crippen LogP contribution in [0, 0.1) is 0 Å². The van der Waals surface area contributed by atoms with Crippen LogP contribution in [0.25, 0.3) is 0 Å². The Morgan fingerprint density at radius 3 is 2.62 bits per heavy atom. The van der Waals surface area contributed by atoms with Gasteiger partial charge in [-0.3, -0.25) is 9.48 Å². The van der Waals surface area contributed by atoms with Crippen LogP contribution in [0.1, 0.15) is 67.4 Å². The molecule has 0 bridgehead atoms. The van der Waals surface area contributed by atoms with Gasteiger partial charge in [-0.15, -0.1) is 0 Å². The van der Waals surface area contributed by atoms with Crippen LogP contribution >= 0.6 is 0 Å². The number of nitrogens with zero attached hydrogens (tertiary/aromatic N) is 6. The van der Waals surface area contributed by atoms with Gasteiger partial charge in [0.15, 0.2) is 0 Å². The smallest absolute Gasteiger partial charge is 0.257 e. The average molecular weight is 328 g/mol. The first-order chi connectivity index (χ1) is 11.8. The third-order valence-corrected chi connectivity index (χ3v) is 5.29. The number of aromatic nitrogens is 5. The molecule has 3 heterocycles. The lowest BCUT2D eigenvalue weighted by molar-refractivity contribution is 0.0672. The number of piperidine rings is 1. The van der Waals surface area contributed by atoms with E-state index in [9.17, 15) is 4.79 Å². The van der Waals surface area contributed by atoms with Crippen LogP contribution in [0.2, 0.25) is 0 Å². The first kappa shape index (κ1) is 15.4. The second-order valence-electron chi connectivity index (χ2n) is 6.92. The van der Waals surface area contributed by atoms with E-state index in [0.717, 1.165) is 19.4 Å². The molecule has 1 aliphatic carbocycles. The summed E-state index contributed by atoms with van der Waals surface area (Å²) in [7, 11) is 0. The number of rotatable bonds is 3. The maximum Gasteiger partial charge on any atom is 0.257 e. The van der Waals surface area contributed by atoms with Crippen LogP contribution in [0.4, 0.5) is 0 Å². The Hall–Kier alpha value is -2.18. The van der Waals surface area contributed by atoms with Crippen LogP contribution in [-0.2, 0) is 0 Å². The first-order valence-electron chi connectivity index (χ1n) is 8.99. The van der Waals surface area contributed by atoms with Crippen LogP contribution in [0.5, 0.6) is 0 Å². The Morgan fingerprint density at radius 2 is 1.83 bits per heavy atom. The van der Waals surface area contributed by atoms with Gasteiger partial charge in [0.25, 0.3) is 5.91 Å². The van der Waals surface area contributed by atoms with Crippen molar-refractivity contribution < 1.29 is 4.79 Å². The van der Waals surface area contributed by atoms with Crippen molar-refractivity contribution in [3.8, 4) is 0 Å². The fourth-order valence-corrected chi connectivity index (χ4v) is 3.94. The van der Waals surface area contributed by atoms with Crippen molar-refractivity contribution in [2.45, 2.75) is 57.0 Å². The summed E-state index contributed by atoms with van der Waals surface area (Å²) >= 11 is 0. The molecule has 7 heteroatoms. The van der Waals surface area contributed by atoms with Gasteiger partial charge in [0, 0.05) is 19.3 Å². The standard InChI is InChI=1S/C17H24N6O/c24-17(14-9-19-22(10-14)15-5-2-1-3-6-15)21-8-4-7-16(11-21)23-13-18-12-20-23/h9-10,12-13,15-16H,1-8,11H2. The lowest BCUT2D eigenvalue weighted by atomic mass is 9.96. The second-order valence-corrected chi connectivity index (χ2v) is 6.92. The fraction of sp³-hybridized carbons (Fsp3) is 0.647. The summed E-state index contributed by atoms with van der Waals surface area (Å²) in [6.45, 7) is 1.50. The van der Waals surface area contributed by atoms with Gasteiger partial charge in [-0.2, -0.15) is 10.2 Å². The molecule has 7 nitrogen and oxygen atoms in total. The van der Waals surface area contributed by atoms with E-state index in [2.05, 4.69) is 15.2 Å². The van der Waals surface area contributed by atoms with Crippen molar-refractivity contribution >= 4 is 5.91 Å². The van der Waals surface area contributed by atoms with E-state index >= 15 is 0 Å². The van der Waals surface area contributed by atoms with Gasteiger partial charge in [0.05, 0.1) is 23.8 Å². The zero-order chi connectivity index (χ0) is 16.4. The van der Waals surface area contributed by atoms with Crippen molar-refractivity contribution in [1.29, 1.82) is 0 Å². The molecule has 128 valence electrons. The number of likely N-dealkylation sites (tertiary alicyclic amines) is 1. The van der Waals surface area contributed by atoms with Crippen LogP contribution in [-0.4, -0.2) is 48.4 Å².